The van der Waals surface area contributed by atoms with Gasteiger partial charge in [0.25, 0.3) is 5.91 Å². The minimum atomic E-state index is -0.192. The van der Waals surface area contributed by atoms with Crippen LogP contribution in [0.2, 0.25) is 0 Å². The lowest BCUT2D eigenvalue weighted by Gasteiger charge is -2.22. The topological polar surface area (TPSA) is 71.8 Å². The Kier molecular flexibility index (Phi) is 4.84. The van der Waals surface area contributed by atoms with Gasteiger partial charge >= 0.3 is 0 Å². The van der Waals surface area contributed by atoms with Crippen molar-refractivity contribution in [1.82, 2.24) is 25.6 Å². The zero-order valence-corrected chi connectivity index (χ0v) is 13.7. The van der Waals surface area contributed by atoms with Crippen LogP contribution in [0.3, 0.4) is 0 Å². The fraction of sp³-hybridized carbons (Fsp3) is 0.400. The number of amides is 1. The molecule has 6 nitrogen and oxygen atoms in total. The number of hydrogen-bond acceptors (Lipinski definition) is 4. The number of nitrogens with one attached hydrogen (secondary N) is 2. The minimum absolute atomic E-state index is 0.192. The molecule has 22 heavy (non-hydrogen) atoms. The molecule has 0 saturated carbocycles. The number of benzene rings is 1. The maximum atomic E-state index is 12.1. The summed E-state index contributed by atoms with van der Waals surface area (Å²) in [5.41, 5.74) is 1.41. The number of rotatable bonds is 4. The van der Waals surface area contributed by atoms with Gasteiger partial charge in [-0.25, -0.2) is 4.68 Å². The molecule has 2 N–H and O–H groups in total. The second kappa shape index (κ2) is 7.02. The molecule has 3 rings (SSSR count). The summed E-state index contributed by atoms with van der Waals surface area (Å²) in [4.78, 5) is 12.1. The van der Waals surface area contributed by atoms with Crippen LogP contribution in [0.4, 0.5) is 0 Å². The van der Waals surface area contributed by atoms with Crippen LogP contribution < -0.4 is 10.6 Å². The van der Waals surface area contributed by atoms with Crippen molar-refractivity contribution in [2.24, 2.45) is 0 Å². The first-order valence-corrected chi connectivity index (χ1v) is 8.17. The zero-order chi connectivity index (χ0) is 15.4. The van der Waals surface area contributed by atoms with E-state index in [2.05, 4.69) is 36.9 Å². The molecular weight excluding hydrogens is 346 g/mol. The molecular formula is C15H18BrN5O. The molecule has 0 aliphatic carbocycles. The fourth-order valence-corrected chi connectivity index (χ4v) is 2.77. The van der Waals surface area contributed by atoms with Gasteiger partial charge in [0, 0.05) is 11.0 Å². The maximum Gasteiger partial charge on any atom is 0.273 e. The van der Waals surface area contributed by atoms with E-state index in [-0.39, 0.29) is 5.91 Å². The molecule has 0 atom stereocenters. The predicted molar refractivity (Wildman–Crippen MR) is 86.5 cm³/mol. The van der Waals surface area contributed by atoms with Gasteiger partial charge in [0.2, 0.25) is 0 Å². The summed E-state index contributed by atoms with van der Waals surface area (Å²) in [6.07, 6.45) is 3.78. The third kappa shape index (κ3) is 3.72. The highest BCUT2D eigenvalue weighted by atomic mass is 79.9. The number of piperidine rings is 1. The van der Waals surface area contributed by atoms with E-state index in [1.165, 1.54) is 0 Å². The Hall–Kier alpha value is -1.73. The number of nitrogens with zero attached hydrogens (tertiary/aromatic N) is 3. The molecule has 1 aromatic heterocycles. The maximum absolute atomic E-state index is 12.1. The molecule has 1 fully saturated rings. The Morgan fingerprint density at radius 1 is 1.32 bits per heavy atom. The summed E-state index contributed by atoms with van der Waals surface area (Å²) in [6, 6.07) is 8.18. The third-order valence-corrected chi connectivity index (χ3v) is 4.32. The van der Waals surface area contributed by atoms with Crippen LogP contribution in [-0.4, -0.2) is 34.0 Å². The second-order valence-corrected chi connectivity index (χ2v) is 6.29. The quantitative estimate of drug-likeness (QED) is 0.869. The van der Waals surface area contributed by atoms with Crippen molar-refractivity contribution in [2.75, 3.05) is 13.1 Å². The SMILES string of the molecule is O=C(NCc1ccc(Br)cc1)c1cn(C2CCNCC2)nn1. The van der Waals surface area contributed by atoms with Crippen LogP contribution in [-0.2, 0) is 6.54 Å². The molecule has 1 aliphatic rings. The first kappa shape index (κ1) is 15.2. The van der Waals surface area contributed by atoms with E-state index in [0.717, 1.165) is 36.0 Å². The van der Waals surface area contributed by atoms with E-state index < -0.39 is 0 Å². The molecule has 2 aromatic rings. The van der Waals surface area contributed by atoms with E-state index in [1.54, 1.807) is 6.20 Å². The predicted octanol–water partition coefficient (Wildman–Crippen LogP) is 1.90. The van der Waals surface area contributed by atoms with Crippen LogP contribution in [0.1, 0.15) is 34.9 Å². The zero-order valence-electron chi connectivity index (χ0n) is 12.1. The Morgan fingerprint density at radius 3 is 2.77 bits per heavy atom. The number of hydrogen-bond donors (Lipinski definition) is 2. The summed E-state index contributed by atoms with van der Waals surface area (Å²) in [7, 11) is 0. The highest BCUT2D eigenvalue weighted by molar-refractivity contribution is 9.10. The third-order valence-electron chi connectivity index (χ3n) is 3.79. The Morgan fingerprint density at radius 2 is 2.05 bits per heavy atom. The lowest BCUT2D eigenvalue weighted by atomic mass is 10.1. The Balaban J connectivity index is 1.58. The van der Waals surface area contributed by atoms with Gasteiger partial charge in [0.05, 0.1) is 12.2 Å². The van der Waals surface area contributed by atoms with E-state index in [1.807, 2.05) is 28.9 Å². The Labute approximate surface area is 137 Å². The van der Waals surface area contributed by atoms with Crippen LogP contribution in [0, 0.1) is 0 Å². The molecule has 0 spiro atoms. The van der Waals surface area contributed by atoms with Crippen molar-refractivity contribution >= 4 is 21.8 Å². The molecule has 2 heterocycles. The normalized spacial score (nSPS) is 15.7. The molecule has 0 bridgehead atoms. The van der Waals surface area contributed by atoms with Gasteiger partial charge in [-0.2, -0.15) is 0 Å². The average Bonchev–Trinajstić information content (AvgIpc) is 3.05. The molecule has 7 heteroatoms. The molecule has 1 aromatic carbocycles. The lowest BCUT2D eigenvalue weighted by molar-refractivity contribution is 0.0946. The highest BCUT2D eigenvalue weighted by Crippen LogP contribution is 2.17. The summed E-state index contributed by atoms with van der Waals surface area (Å²) in [5, 5.41) is 14.3. The van der Waals surface area contributed by atoms with Crippen molar-refractivity contribution in [3.8, 4) is 0 Å². The number of carbonyl (C=O) groups excluding carboxylic acids is 1. The van der Waals surface area contributed by atoms with Gasteiger partial charge in [-0.1, -0.05) is 33.3 Å². The summed E-state index contributed by atoms with van der Waals surface area (Å²) in [5.74, 6) is -0.192. The van der Waals surface area contributed by atoms with Gasteiger partial charge in [-0.05, 0) is 43.6 Å². The first-order chi connectivity index (χ1) is 10.7. The summed E-state index contributed by atoms with van der Waals surface area (Å²) >= 11 is 3.39. The number of halogens is 1. The largest absolute Gasteiger partial charge is 0.347 e. The van der Waals surface area contributed by atoms with E-state index in [0.29, 0.717) is 18.3 Å². The lowest BCUT2D eigenvalue weighted by Crippen LogP contribution is -2.29. The van der Waals surface area contributed by atoms with Crippen molar-refractivity contribution in [3.05, 3.63) is 46.2 Å². The van der Waals surface area contributed by atoms with Crippen LogP contribution in [0.25, 0.3) is 0 Å². The number of aromatic nitrogens is 3. The van der Waals surface area contributed by atoms with Gasteiger partial charge in [-0.15, -0.1) is 5.10 Å². The summed E-state index contributed by atoms with van der Waals surface area (Å²) in [6.45, 7) is 2.44. The molecule has 1 aliphatic heterocycles. The molecule has 0 radical (unpaired) electrons. The van der Waals surface area contributed by atoms with Crippen molar-refractivity contribution in [2.45, 2.75) is 25.4 Å². The standard InChI is InChI=1S/C15H18BrN5O/c16-12-3-1-11(2-4-12)9-18-15(22)14-10-21(20-19-14)13-5-7-17-8-6-13/h1-4,10,13,17H,5-9H2,(H,18,22). The van der Waals surface area contributed by atoms with Crippen LogP contribution >= 0.6 is 15.9 Å². The van der Waals surface area contributed by atoms with E-state index in [4.69, 9.17) is 0 Å². The van der Waals surface area contributed by atoms with Gasteiger partial charge < -0.3 is 10.6 Å². The van der Waals surface area contributed by atoms with Crippen molar-refractivity contribution in [1.29, 1.82) is 0 Å². The highest BCUT2D eigenvalue weighted by Gasteiger charge is 2.18. The van der Waals surface area contributed by atoms with Crippen molar-refractivity contribution in [3.63, 3.8) is 0 Å². The van der Waals surface area contributed by atoms with Gasteiger partial charge in [0.1, 0.15) is 0 Å². The molecule has 1 saturated heterocycles. The second-order valence-electron chi connectivity index (χ2n) is 5.37. The molecule has 1 amide bonds. The van der Waals surface area contributed by atoms with E-state index >= 15 is 0 Å². The summed E-state index contributed by atoms with van der Waals surface area (Å²) < 4.78 is 2.84. The first-order valence-electron chi connectivity index (χ1n) is 7.37. The Bertz CT molecular complexity index is 634. The van der Waals surface area contributed by atoms with Crippen LogP contribution in [0.15, 0.2) is 34.9 Å². The van der Waals surface area contributed by atoms with Gasteiger partial charge in [-0.3, -0.25) is 4.79 Å². The smallest absolute Gasteiger partial charge is 0.273 e. The minimum Gasteiger partial charge on any atom is -0.347 e. The van der Waals surface area contributed by atoms with Crippen molar-refractivity contribution < 1.29 is 4.79 Å². The van der Waals surface area contributed by atoms with Gasteiger partial charge in [0.15, 0.2) is 5.69 Å². The monoisotopic (exact) mass is 363 g/mol. The molecule has 116 valence electrons. The van der Waals surface area contributed by atoms with E-state index in [9.17, 15) is 4.79 Å². The molecule has 0 unspecified atom stereocenters. The fourth-order valence-electron chi connectivity index (χ4n) is 2.51. The van der Waals surface area contributed by atoms with Crippen LogP contribution in [0.5, 0.6) is 0 Å². The number of carbonyl (C=O) groups is 1. The average molecular weight is 364 g/mol.